The van der Waals surface area contributed by atoms with Crippen LogP contribution in [-0.4, -0.2) is 38.0 Å². The van der Waals surface area contributed by atoms with Crippen molar-refractivity contribution >= 4 is 83.1 Å². The first-order chi connectivity index (χ1) is 32.3. The molecular formula is C51H46N6O9S2. The van der Waals surface area contributed by atoms with Crippen molar-refractivity contribution in [2.75, 3.05) is 26.6 Å². The topological polar surface area (TPSA) is 229 Å². The zero-order valence-corrected chi connectivity index (χ0v) is 39.3. The minimum atomic E-state index is -5.04. The Bertz CT molecular complexity index is 3600. The highest BCUT2D eigenvalue weighted by atomic mass is 32.2. The molecule has 0 saturated carbocycles. The predicted molar refractivity (Wildman–Crippen MR) is 266 cm³/mol. The number of para-hydroxylation sites is 2. The average Bonchev–Trinajstić information content (AvgIpc) is 3.28. The van der Waals surface area contributed by atoms with E-state index in [2.05, 4.69) is 26.6 Å². The lowest BCUT2D eigenvalue weighted by atomic mass is 9.93. The van der Waals surface area contributed by atoms with E-state index in [0.29, 0.717) is 61.9 Å². The molecular weight excluding hydrogens is 905 g/mol. The van der Waals surface area contributed by atoms with Crippen LogP contribution in [0.4, 0.5) is 49.4 Å². The second-order valence-corrected chi connectivity index (χ2v) is 19.1. The van der Waals surface area contributed by atoms with E-state index in [1.807, 2.05) is 58.0 Å². The molecule has 6 aromatic rings. The summed E-state index contributed by atoms with van der Waals surface area (Å²) in [6.07, 6.45) is 0. The van der Waals surface area contributed by atoms with Crippen LogP contribution in [0.25, 0.3) is 33.4 Å². The first-order valence-electron chi connectivity index (χ1n) is 21.1. The van der Waals surface area contributed by atoms with Gasteiger partial charge in [0.15, 0.2) is 0 Å². The van der Waals surface area contributed by atoms with Crippen molar-refractivity contribution in [3.63, 3.8) is 0 Å². The molecule has 0 radical (unpaired) electrons. The van der Waals surface area contributed by atoms with Gasteiger partial charge in [-0.15, -0.1) is 0 Å². The van der Waals surface area contributed by atoms with Crippen molar-refractivity contribution in [3.8, 4) is 22.5 Å². The van der Waals surface area contributed by atoms with Crippen molar-refractivity contribution in [1.82, 2.24) is 0 Å². The Morgan fingerprint density at radius 2 is 1.04 bits per heavy atom. The van der Waals surface area contributed by atoms with E-state index in [1.165, 1.54) is 24.3 Å². The Balaban J connectivity index is 1.30. The van der Waals surface area contributed by atoms with Crippen LogP contribution in [0.3, 0.4) is 0 Å². The zero-order chi connectivity index (χ0) is 48.7. The van der Waals surface area contributed by atoms with Crippen LogP contribution in [0, 0.1) is 41.5 Å². The number of hydrogen-bond donors (Lipinski definition) is 7. The molecule has 2 aliphatic rings. The Morgan fingerprint density at radius 1 is 0.515 bits per heavy atom. The number of rotatable bonds is 10. The summed E-state index contributed by atoms with van der Waals surface area (Å²) in [7, 11) is -9.88. The van der Waals surface area contributed by atoms with Crippen molar-refractivity contribution < 1.29 is 39.9 Å². The molecule has 0 saturated heterocycles. The van der Waals surface area contributed by atoms with E-state index in [1.54, 1.807) is 80.6 Å². The van der Waals surface area contributed by atoms with Gasteiger partial charge in [0, 0.05) is 57.0 Å². The fraction of sp³-hybridized carbons (Fsp3) is 0.118. The van der Waals surface area contributed by atoms with E-state index >= 15 is 0 Å². The lowest BCUT2D eigenvalue weighted by molar-refractivity contribution is 0.261. The molecule has 8 rings (SSSR count). The van der Waals surface area contributed by atoms with Crippen LogP contribution >= 0.6 is 0 Å². The number of aryl methyl sites for hydroxylation is 4. The fourth-order valence-electron chi connectivity index (χ4n) is 8.44. The van der Waals surface area contributed by atoms with Gasteiger partial charge in [-0.1, -0.05) is 66.7 Å². The van der Waals surface area contributed by atoms with Gasteiger partial charge in [-0.3, -0.25) is 9.11 Å². The molecule has 0 spiro atoms. The van der Waals surface area contributed by atoms with E-state index < -0.39 is 42.1 Å². The number of urea groups is 2. The van der Waals surface area contributed by atoms with Gasteiger partial charge in [0.25, 0.3) is 20.2 Å². The Labute approximate surface area is 392 Å². The number of nitrogens with one attached hydrogen (secondary N) is 5. The number of nitrogens with zero attached hydrogens (tertiary/aromatic N) is 1. The molecule has 0 atom stereocenters. The summed E-state index contributed by atoms with van der Waals surface area (Å²) >= 11 is 0. The average molecular weight is 951 g/mol. The molecule has 1 aliphatic carbocycles. The summed E-state index contributed by atoms with van der Waals surface area (Å²) in [4.78, 5) is 30.0. The smallest absolute Gasteiger partial charge is 0.323 e. The highest BCUT2D eigenvalue weighted by Gasteiger charge is 2.27. The van der Waals surface area contributed by atoms with Gasteiger partial charge in [-0.05, 0) is 123 Å². The molecule has 4 amide bonds. The molecule has 1 aliphatic heterocycles. The maximum atomic E-state index is 13.3. The third kappa shape index (κ3) is 9.68. The predicted octanol–water partition coefficient (Wildman–Crippen LogP) is 11.8. The molecule has 17 heteroatoms. The van der Waals surface area contributed by atoms with E-state index in [9.17, 15) is 35.5 Å². The molecule has 0 fully saturated rings. The number of carbonyl (C=O) groups excluding carboxylic acids is 2. The molecule has 15 nitrogen and oxygen atoms in total. The molecule has 346 valence electrons. The van der Waals surface area contributed by atoms with Crippen molar-refractivity contribution in [2.45, 2.75) is 51.3 Å². The first kappa shape index (κ1) is 46.7. The third-order valence-corrected chi connectivity index (χ3v) is 13.3. The minimum absolute atomic E-state index is 0.0249. The summed E-state index contributed by atoms with van der Waals surface area (Å²) < 4.78 is 80.2. The maximum absolute atomic E-state index is 13.3. The van der Waals surface area contributed by atoms with Crippen molar-refractivity contribution in [2.24, 2.45) is 4.99 Å². The highest BCUT2D eigenvalue weighted by molar-refractivity contribution is 7.86. The summed E-state index contributed by atoms with van der Waals surface area (Å²) in [5.41, 5.74) is 8.50. The van der Waals surface area contributed by atoms with Gasteiger partial charge in [0.2, 0.25) is 0 Å². The lowest BCUT2D eigenvalue weighted by Crippen LogP contribution is -2.21. The summed E-state index contributed by atoms with van der Waals surface area (Å²) in [5.74, 6) is 0.0440. The summed E-state index contributed by atoms with van der Waals surface area (Å²) in [5, 5.41) is 15.0. The Morgan fingerprint density at radius 3 is 1.63 bits per heavy atom. The van der Waals surface area contributed by atoms with Gasteiger partial charge in [0.05, 0.1) is 22.4 Å². The van der Waals surface area contributed by atoms with Crippen LogP contribution in [0.1, 0.15) is 33.4 Å². The van der Waals surface area contributed by atoms with Crippen molar-refractivity contribution in [3.05, 3.63) is 166 Å². The molecule has 1 heterocycles. The van der Waals surface area contributed by atoms with Gasteiger partial charge in [-0.2, -0.15) is 16.8 Å². The van der Waals surface area contributed by atoms with Crippen LogP contribution in [0.15, 0.2) is 147 Å². The number of benzene rings is 7. The molecule has 0 bridgehead atoms. The monoisotopic (exact) mass is 950 g/mol. The lowest BCUT2D eigenvalue weighted by Gasteiger charge is -2.21. The van der Waals surface area contributed by atoms with E-state index in [-0.39, 0.29) is 33.4 Å². The normalized spacial score (nSPS) is 12.0. The fourth-order valence-corrected chi connectivity index (χ4v) is 9.77. The molecule has 0 unspecified atom stereocenters. The molecule has 0 aromatic heterocycles. The number of carbonyl (C=O) groups is 2. The van der Waals surface area contributed by atoms with Gasteiger partial charge in [-0.25, -0.2) is 14.6 Å². The Kier molecular flexibility index (Phi) is 12.7. The third-order valence-electron chi connectivity index (χ3n) is 11.5. The standard InChI is InChI=1S/C51H46N6O9S2/c1-28-23-30(3)48(56-50(58)53-34-15-9-7-10-16-34)32(5)46(28)52-36-21-22-37-41(25-36)66-42-27-40(44(68(63,64)65)26-39(42)45(37)38-19-13-14-20-43(38)67(60,61)62)55-47-29(2)24-31(4)49(33(47)6)57-51(59)54-35-17-11-8-12-18-35/h7-27,52H,1-6H3,(H2,53,56,58)(H2,54,57,59)(H,60,61,62)(H,63,64,65). The zero-order valence-electron chi connectivity index (χ0n) is 37.6. The van der Waals surface area contributed by atoms with E-state index in [0.717, 1.165) is 22.8 Å². The SMILES string of the molecule is Cc1cc(C)c(NC(=O)Nc2ccccc2)c(C)c1N=c1cc2oc3cc(Nc4c(C)cc(C)c(NC(=O)Nc5ccccc5)c4C)ccc3c(-c3ccccc3S(=O)(=O)O)c-2cc1S(=O)(=O)O. The van der Waals surface area contributed by atoms with Gasteiger partial charge >= 0.3 is 12.1 Å². The molecule has 68 heavy (non-hydrogen) atoms. The Hall–Kier alpha value is -7.83. The minimum Gasteiger partial charge on any atom is -0.456 e. The van der Waals surface area contributed by atoms with E-state index in [4.69, 9.17) is 9.41 Å². The van der Waals surface area contributed by atoms with Gasteiger partial charge < -0.3 is 31.0 Å². The summed E-state index contributed by atoms with van der Waals surface area (Å²) in [6.45, 7) is 11.0. The summed E-state index contributed by atoms with van der Waals surface area (Å²) in [6, 6.07) is 33.9. The van der Waals surface area contributed by atoms with Crippen molar-refractivity contribution in [1.29, 1.82) is 0 Å². The number of anilines is 6. The van der Waals surface area contributed by atoms with Gasteiger partial charge in [0.1, 0.15) is 21.1 Å². The van der Waals surface area contributed by atoms with Crippen LogP contribution in [-0.2, 0) is 20.2 Å². The number of amides is 4. The van der Waals surface area contributed by atoms with Crippen LogP contribution in [0.2, 0.25) is 0 Å². The largest absolute Gasteiger partial charge is 0.456 e. The molecule has 6 aromatic carbocycles. The second-order valence-electron chi connectivity index (χ2n) is 16.3. The maximum Gasteiger partial charge on any atom is 0.323 e. The number of hydrogen-bond acceptors (Lipinski definition) is 9. The van der Waals surface area contributed by atoms with Crippen LogP contribution < -0.4 is 31.9 Å². The first-order valence-corrected chi connectivity index (χ1v) is 24.0. The van der Waals surface area contributed by atoms with Crippen LogP contribution in [0.5, 0.6) is 0 Å². The molecule has 7 N–H and O–H groups in total. The second kappa shape index (κ2) is 18.5. The quantitative estimate of drug-likeness (QED) is 0.0506. The number of fused-ring (bicyclic) bond motifs is 2. The highest BCUT2D eigenvalue weighted by Crippen LogP contribution is 2.44.